The third-order valence-corrected chi connectivity index (χ3v) is 7.61. The summed E-state index contributed by atoms with van der Waals surface area (Å²) in [7, 11) is -3.53. The van der Waals surface area contributed by atoms with Crippen LogP contribution in [0.1, 0.15) is 22.4 Å². The van der Waals surface area contributed by atoms with Crippen molar-refractivity contribution in [3.63, 3.8) is 0 Å². The van der Waals surface area contributed by atoms with Crippen LogP contribution in [0.4, 0.5) is 5.82 Å². The van der Waals surface area contributed by atoms with Crippen molar-refractivity contribution < 1.29 is 8.42 Å². The molecule has 1 fully saturated rings. The van der Waals surface area contributed by atoms with E-state index in [2.05, 4.69) is 20.0 Å². The van der Waals surface area contributed by atoms with Crippen molar-refractivity contribution >= 4 is 15.8 Å². The normalized spacial score (nSPS) is 15.5. The highest BCUT2D eigenvalue weighted by Crippen LogP contribution is 2.25. The summed E-state index contributed by atoms with van der Waals surface area (Å²) in [6.07, 6.45) is 3.38. The van der Waals surface area contributed by atoms with Gasteiger partial charge in [-0.05, 0) is 56.5 Å². The zero-order chi connectivity index (χ0) is 21.5. The average molecular weight is 427 g/mol. The summed E-state index contributed by atoms with van der Waals surface area (Å²) in [5, 5.41) is 4.39. The Morgan fingerprint density at radius 1 is 0.833 bits per heavy atom. The highest BCUT2D eigenvalue weighted by atomic mass is 32.2. The van der Waals surface area contributed by atoms with Gasteiger partial charge in [-0.1, -0.05) is 6.07 Å². The molecule has 158 valence electrons. The van der Waals surface area contributed by atoms with Crippen LogP contribution in [0.15, 0.2) is 41.7 Å². The van der Waals surface area contributed by atoms with Gasteiger partial charge in [0.1, 0.15) is 12.1 Å². The van der Waals surface area contributed by atoms with Crippen molar-refractivity contribution in [2.45, 2.75) is 32.6 Å². The maximum atomic E-state index is 13.2. The van der Waals surface area contributed by atoms with E-state index in [-0.39, 0.29) is 0 Å². The fourth-order valence-electron chi connectivity index (χ4n) is 3.69. The Morgan fingerprint density at radius 3 is 2.17 bits per heavy atom. The monoisotopic (exact) mass is 426 g/mol. The second-order valence-corrected chi connectivity index (χ2v) is 9.64. The number of benzene rings is 1. The summed E-state index contributed by atoms with van der Waals surface area (Å²) < 4.78 is 29.7. The van der Waals surface area contributed by atoms with Gasteiger partial charge in [0.25, 0.3) is 0 Å². The van der Waals surface area contributed by atoms with Crippen molar-refractivity contribution in [1.82, 2.24) is 24.1 Å². The van der Waals surface area contributed by atoms with Gasteiger partial charge in [-0.25, -0.2) is 23.1 Å². The topological polar surface area (TPSA) is 84.2 Å². The second-order valence-electron chi connectivity index (χ2n) is 7.73. The number of hydrogen-bond acceptors (Lipinski definition) is 6. The van der Waals surface area contributed by atoms with Crippen LogP contribution in [0, 0.1) is 27.7 Å². The lowest BCUT2D eigenvalue weighted by atomic mass is 10.1. The van der Waals surface area contributed by atoms with Gasteiger partial charge in [0, 0.05) is 38.4 Å². The molecule has 0 spiro atoms. The second kappa shape index (κ2) is 7.81. The molecule has 1 aromatic carbocycles. The predicted octanol–water partition coefficient (Wildman–Crippen LogP) is 2.41. The first-order valence-corrected chi connectivity index (χ1v) is 11.4. The summed E-state index contributed by atoms with van der Waals surface area (Å²) in [5.74, 6) is 1.46. The first kappa shape index (κ1) is 20.5. The summed E-state index contributed by atoms with van der Waals surface area (Å²) in [6.45, 7) is 9.68. The minimum atomic E-state index is -3.53. The van der Waals surface area contributed by atoms with Gasteiger partial charge in [0.15, 0.2) is 5.82 Å². The predicted molar refractivity (Wildman–Crippen MR) is 116 cm³/mol. The molecule has 8 nitrogen and oxygen atoms in total. The van der Waals surface area contributed by atoms with E-state index in [9.17, 15) is 8.42 Å². The van der Waals surface area contributed by atoms with E-state index < -0.39 is 10.0 Å². The van der Waals surface area contributed by atoms with Crippen LogP contribution in [0.3, 0.4) is 0 Å². The standard InChI is InChI=1S/C21H26N6O2S/c1-15-11-17(3)19(12-16(15)2)30(28,29)26-9-7-25(8-10-26)20-13-21(23-14-22-20)27-6-5-18(4)24-27/h5-6,11-14H,7-10H2,1-4H3. The van der Waals surface area contributed by atoms with Crippen molar-refractivity contribution in [2.24, 2.45) is 0 Å². The van der Waals surface area contributed by atoms with Gasteiger partial charge >= 0.3 is 0 Å². The lowest BCUT2D eigenvalue weighted by Crippen LogP contribution is -2.49. The minimum absolute atomic E-state index is 0.400. The molecule has 0 N–H and O–H groups in total. The quantitative estimate of drug-likeness (QED) is 0.637. The van der Waals surface area contributed by atoms with Crippen molar-refractivity contribution in [2.75, 3.05) is 31.1 Å². The molecule has 0 atom stereocenters. The molecule has 2 aromatic heterocycles. The molecule has 4 rings (SSSR count). The smallest absolute Gasteiger partial charge is 0.243 e. The summed E-state index contributed by atoms with van der Waals surface area (Å²) in [5.41, 5.74) is 3.79. The molecule has 1 aliphatic heterocycles. The van der Waals surface area contributed by atoms with E-state index in [1.807, 2.05) is 52.1 Å². The zero-order valence-corrected chi connectivity index (χ0v) is 18.5. The van der Waals surface area contributed by atoms with Gasteiger partial charge in [0.05, 0.1) is 10.6 Å². The molecular weight excluding hydrogens is 400 g/mol. The molecule has 9 heteroatoms. The molecule has 30 heavy (non-hydrogen) atoms. The first-order valence-electron chi connectivity index (χ1n) is 9.93. The first-order chi connectivity index (χ1) is 14.3. The van der Waals surface area contributed by atoms with E-state index in [1.54, 1.807) is 15.1 Å². The van der Waals surface area contributed by atoms with Gasteiger partial charge in [-0.3, -0.25) is 0 Å². The summed E-state index contributed by atoms with van der Waals surface area (Å²) >= 11 is 0. The van der Waals surface area contributed by atoms with Gasteiger partial charge in [-0.2, -0.15) is 9.40 Å². The van der Waals surface area contributed by atoms with Crippen LogP contribution >= 0.6 is 0 Å². The Hall–Kier alpha value is -2.78. The van der Waals surface area contributed by atoms with E-state index in [4.69, 9.17) is 0 Å². The fraction of sp³-hybridized carbons (Fsp3) is 0.381. The SMILES string of the molecule is Cc1ccn(-c2cc(N3CCN(S(=O)(=O)c4cc(C)c(C)cc4C)CC3)ncn2)n1. The highest BCUT2D eigenvalue weighted by molar-refractivity contribution is 7.89. The lowest BCUT2D eigenvalue weighted by molar-refractivity contribution is 0.383. The Morgan fingerprint density at radius 2 is 1.50 bits per heavy atom. The maximum Gasteiger partial charge on any atom is 0.243 e. The molecule has 1 aliphatic rings. The lowest BCUT2D eigenvalue weighted by Gasteiger charge is -2.35. The van der Waals surface area contributed by atoms with E-state index in [0.29, 0.717) is 36.9 Å². The third-order valence-electron chi connectivity index (χ3n) is 5.57. The van der Waals surface area contributed by atoms with E-state index >= 15 is 0 Å². The zero-order valence-electron chi connectivity index (χ0n) is 17.7. The van der Waals surface area contributed by atoms with E-state index in [0.717, 1.165) is 28.2 Å². The van der Waals surface area contributed by atoms with Crippen molar-refractivity contribution in [3.05, 3.63) is 59.2 Å². The fourth-order valence-corrected chi connectivity index (χ4v) is 5.40. The Bertz CT molecular complexity index is 1180. The van der Waals surface area contributed by atoms with Crippen molar-refractivity contribution in [3.8, 4) is 5.82 Å². The molecule has 0 unspecified atom stereocenters. The van der Waals surface area contributed by atoms with Crippen LogP contribution in [0.2, 0.25) is 0 Å². The van der Waals surface area contributed by atoms with Crippen molar-refractivity contribution in [1.29, 1.82) is 0 Å². The number of sulfonamides is 1. The Labute approximate surface area is 177 Å². The Balaban J connectivity index is 1.51. The Kier molecular flexibility index (Phi) is 5.33. The van der Waals surface area contributed by atoms with Gasteiger partial charge < -0.3 is 4.90 Å². The average Bonchev–Trinajstić information content (AvgIpc) is 3.17. The molecule has 0 saturated carbocycles. The van der Waals surface area contributed by atoms with Crippen LogP contribution in [-0.2, 0) is 10.0 Å². The summed E-state index contributed by atoms with van der Waals surface area (Å²) in [6, 6.07) is 7.53. The molecule has 3 heterocycles. The van der Waals surface area contributed by atoms with Crippen LogP contribution < -0.4 is 4.90 Å². The number of anilines is 1. The molecule has 1 saturated heterocycles. The van der Waals surface area contributed by atoms with Crippen LogP contribution in [0.25, 0.3) is 5.82 Å². The number of hydrogen-bond donors (Lipinski definition) is 0. The van der Waals surface area contributed by atoms with Crippen LogP contribution in [0.5, 0.6) is 0 Å². The summed E-state index contributed by atoms with van der Waals surface area (Å²) in [4.78, 5) is 11.2. The molecule has 0 aliphatic carbocycles. The van der Waals surface area contributed by atoms with Crippen LogP contribution in [-0.4, -0.2) is 58.7 Å². The van der Waals surface area contributed by atoms with Gasteiger partial charge in [-0.15, -0.1) is 0 Å². The molecule has 0 radical (unpaired) electrons. The third kappa shape index (κ3) is 3.82. The number of aromatic nitrogens is 4. The minimum Gasteiger partial charge on any atom is -0.354 e. The molecule has 0 amide bonds. The highest BCUT2D eigenvalue weighted by Gasteiger charge is 2.30. The largest absolute Gasteiger partial charge is 0.354 e. The maximum absolute atomic E-state index is 13.2. The molecule has 3 aromatic rings. The number of rotatable bonds is 4. The van der Waals surface area contributed by atoms with E-state index in [1.165, 1.54) is 6.33 Å². The number of piperazine rings is 1. The molecule has 0 bridgehead atoms. The molecular formula is C21H26N6O2S. The van der Waals surface area contributed by atoms with Gasteiger partial charge in [0.2, 0.25) is 10.0 Å². The number of aryl methyl sites for hydroxylation is 4. The number of nitrogens with zero attached hydrogens (tertiary/aromatic N) is 6.